The highest BCUT2D eigenvalue weighted by molar-refractivity contribution is 6.32. The van der Waals surface area contributed by atoms with Crippen molar-refractivity contribution in [2.75, 3.05) is 11.9 Å². The number of halogens is 2. The van der Waals surface area contributed by atoms with Crippen LogP contribution in [0.25, 0.3) is 16.8 Å². The molecule has 1 amide bonds. The molecule has 0 aliphatic heterocycles. The predicted octanol–water partition coefficient (Wildman–Crippen LogP) is 8.29. The number of nitrogens with one attached hydrogen (secondary N) is 1. The van der Waals surface area contributed by atoms with E-state index in [9.17, 15) is 10.1 Å². The van der Waals surface area contributed by atoms with Gasteiger partial charge in [-0.25, -0.2) is 0 Å². The van der Waals surface area contributed by atoms with Crippen LogP contribution in [0.4, 0.5) is 5.69 Å². The first kappa shape index (κ1) is 27.1. The molecule has 0 atom stereocenters. The van der Waals surface area contributed by atoms with Gasteiger partial charge in [0.05, 0.1) is 11.6 Å². The molecule has 0 aliphatic carbocycles. The summed E-state index contributed by atoms with van der Waals surface area (Å²) < 4.78 is 12.0. The zero-order valence-corrected chi connectivity index (χ0v) is 22.8. The Morgan fingerprint density at radius 2 is 1.74 bits per heavy atom. The minimum Gasteiger partial charge on any atom is -0.490 e. The van der Waals surface area contributed by atoms with E-state index in [-0.39, 0.29) is 5.57 Å². The summed E-state index contributed by atoms with van der Waals surface area (Å²) in [7, 11) is 0. The molecule has 0 saturated heterocycles. The molecule has 4 aromatic rings. The number of hydrogen-bond acceptors (Lipinski definition) is 4. The number of ether oxygens (including phenoxy) is 2. The molecule has 38 heavy (non-hydrogen) atoms. The molecule has 0 bridgehead atoms. The van der Waals surface area contributed by atoms with Crippen molar-refractivity contribution in [3.05, 3.63) is 105 Å². The number of amides is 1. The number of benzene rings is 4. The number of carbonyl (C=O) groups is 1. The van der Waals surface area contributed by atoms with Gasteiger partial charge in [-0.3, -0.25) is 4.79 Å². The van der Waals surface area contributed by atoms with Gasteiger partial charge >= 0.3 is 0 Å². The third-order valence-electron chi connectivity index (χ3n) is 6.07. The van der Waals surface area contributed by atoms with Gasteiger partial charge in [0.2, 0.25) is 0 Å². The minimum atomic E-state index is -0.562. The highest BCUT2D eigenvalue weighted by Crippen LogP contribution is 2.38. The fourth-order valence-electron chi connectivity index (χ4n) is 4.04. The van der Waals surface area contributed by atoms with E-state index < -0.39 is 5.91 Å². The summed E-state index contributed by atoms with van der Waals surface area (Å²) in [5.41, 5.74) is 3.98. The molecular formula is C31H26Cl2N2O3. The molecule has 4 rings (SSSR count). The van der Waals surface area contributed by atoms with Crippen molar-refractivity contribution in [1.82, 2.24) is 0 Å². The molecule has 0 spiro atoms. The van der Waals surface area contributed by atoms with Crippen LogP contribution in [-0.4, -0.2) is 12.5 Å². The highest BCUT2D eigenvalue weighted by atomic mass is 35.5. The maximum atomic E-state index is 12.8. The molecule has 0 heterocycles. The lowest BCUT2D eigenvalue weighted by Crippen LogP contribution is -2.13. The largest absolute Gasteiger partial charge is 0.490 e. The van der Waals surface area contributed by atoms with E-state index >= 15 is 0 Å². The molecule has 4 aromatic carbocycles. The van der Waals surface area contributed by atoms with Gasteiger partial charge in [0.25, 0.3) is 5.91 Å². The van der Waals surface area contributed by atoms with Crippen molar-refractivity contribution in [2.24, 2.45) is 0 Å². The van der Waals surface area contributed by atoms with Crippen LogP contribution in [0.2, 0.25) is 10.0 Å². The maximum absolute atomic E-state index is 12.8. The van der Waals surface area contributed by atoms with Crippen molar-refractivity contribution in [1.29, 1.82) is 5.26 Å². The number of anilines is 1. The number of fused-ring (bicyclic) bond motifs is 1. The first-order chi connectivity index (χ1) is 18.3. The van der Waals surface area contributed by atoms with E-state index in [1.165, 1.54) is 6.08 Å². The van der Waals surface area contributed by atoms with Gasteiger partial charge in [-0.05, 0) is 78.6 Å². The average molecular weight is 545 g/mol. The average Bonchev–Trinajstić information content (AvgIpc) is 2.90. The summed E-state index contributed by atoms with van der Waals surface area (Å²) in [5, 5.41) is 15.4. The summed E-state index contributed by atoms with van der Waals surface area (Å²) >= 11 is 12.8. The Morgan fingerprint density at radius 3 is 2.47 bits per heavy atom. The molecule has 5 nitrogen and oxygen atoms in total. The van der Waals surface area contributed by atoms with Gasteiger partial charge in [-0.2, -0.15) is 5.26 Å². The lowest BCUT2D eigenvalue weighted by Gasteiger charge is -2.17. The van der Waals surface area contributed by atoms with Gasteiger partial charge in [0, 0.05) is 16.3 Å². The summed E-state index contributed by atoms with van der Waals surface area (Å²) in [4.78, 5) is 12.8. The number of nitriles is 1. The number of hydrogen-bond donors (Lipinski definition) is 1. The van der Waals surface area contributed by atoms with E-state index in [1.807, 2.05) is 39.0 Å². The molecular weight excluding hydrogens is 519 g/mol. The Balaban J connectivity index is 1.61. The standard InChI is InChI=1S/C31H26Cl2N2O3/c1-4-37-29-15-21(13-23(17-34)31(36)35-24-12-10-20(3)27(32)16-24)14-28(33)30(29)38-18-26-19(2)9-11-22-7-5-6-8-25(22)26/h5-16H,4,18H2,1-3H3,(H,35,36)/b23-13+. The Hall–Kier alpha value is -3.98. The normalized spacial score (nSPS) is 11.2. The topological polar surface area (TPSA) is 71.3 Å². The van der Waals surface area contributed by atoms with Gasteiger partial charge in [-0.1, -0.05) is 65.7 Å². The third kappa shape index (κ3) is 6.11. The van der Waals surface area contributed by atoms with Crippen LogP contribution in [0.3, 0.4) is 0 Å². The van der Waals surface area contributed by atoms with E-state index in [4.69, 9.17) is 32.7 Å². The smallest absolute Gasteiger partial charge is 0.266 e. The Morgan fingerprint density at radius 1 is 0.974 bits per heavy atom. The number of aryl methyl sites for hydroxylation is 2. The van der Waals surface area contributed by atoms with E-state index in [0.717, 1.165) is 27.5 Å². The number of carbonyl (C=O) groups excluding carboxylic acids is 1. The lowest BCUT2D eigenvalue weighted by atomic mass is 10.0. The van der Waals surface area contributed by atoms with E-state index in [0.29, 0.717) is 46.0 Å². The molecule has 1 N–H and O–H groups in total. The van der Waals surface area contributed by atoms with Crippen LogP contribution in [0.1, 0.15) is 29.2 Å². The second kappa shape index (κ2) is 12.0. The van der Waals surface area contributed by atoms with E-state index in [2.05, 4.69) is 29.6 Å². The van der Waals surface area contributed by atoms with Crippen molar-refractivity contribution in [3.8, 4) is 17.6 Å². The SMILES string of the molecule is CCOc1cc(/C=C(\C#N)C(=O)Nc2ccc(C)c(Cl)c2)cc(Cl)c1OCc1c(C)ccc2ccccc12. The monoisotopic (exact) mass is 544 g/mol. The van der Waals surface area contributed by atoms with Gasteiger partial charge in [0.1, 0.15) is 18.2 Å². The van der Waals surface area contributed by atoms with Gasteiger partial charge in [0.15, 0.2) is 11.5 Å². The molecule has 0 aliphatic rings. The van der Waals surface area contributed by atoms with Crippen molar-refractivity contribution in [2.45, 2.75) is 27.4 Å². The van der Waals surface area contributed by atoms with Crippen LogP contribution >= 0.6 is 23.2 Å². The fourth-order valence-corrected chi connectivity index (χ4v) is 4.49. The second-order valence-corrected chi connectivity index (χ2v) is 9.54. The quantitative estimate of drug-likeness (QED) is 0.179. The van der Waals surface area contributed by atoms with Crippen LogP contribution < -0.4 is 14.8 Å². The lowest BCUT2D eigenvalue weighted by molar-refractivity contribution is -0.112. The molecule has 0 aromatic heterocycles. The predicted molar refractivity (Wildman–Crippen MR) is 154 cm³/mol. The summed E-state index contributed by atoms with van der Waals surface area (Å²) in [5.74, 6) is 0.260. The van der Waals surface area contributed by atoms with Crippen molar-refractivity contribution < 1.29 is 14.3 Å². The first-order valence-electron chi connectivity index (χ1n) is 12.1. The summed E-state index contributed by atoms with van der Waals surface area (Å²) in [6.45, 7) is 6.45. The fraction of sp³-hybridized carbons (Fsp3) is 0.161. The van der Waals surface area contributed by atoms with Gasteiger partial charge in [-0.15, -0.1) is 0 Å². The zero-order valence-electron chi connectivity index (χ0n) is 21.3. The zero-order chi connectivity index (χ0) is 27.2. The van der Waals surface area contributed by atoms with Crippen LogP contribution in [-0.2, 0) is 11.4 Å². The Kier molecular flexibility index (Phi) is 8.58. The Labute approximate surface area is 232 Å². The van der Waals surface area contributed by atoms with Crippen molar-refractivity contribution >= 4 is 51.6 Å². The molecule has 7 heteroatoms. The molecule has 0 unspecified atom stereocenters. The molecule has 0 fully saturated rings. The highest BCUT2D eigenvalue weighted by Gasteiger charge is 2.16. The Bertz CT molecular complexity index is 1590. The first-order valence-corrected chi connectivity index (χ1v) is 12.8. The molecule has 0 saturated carbocycles. The number of nitrogens with zero attached hydrogens (tertiary/aromatic N) is 1. The summed E-state index contributed by atoms with van der Waals surface area (Å²) in [6.07, 6.45) is 1.46. The third-order valence-corrected chi connectivity index (χ3v) is 6.76. The van der Waals surface area contributed by atoms with Crippen LogP contribution in [0, 0.1) is 25.2 Å². The minimum absolute atomic E-state index is 0.0970. The van der Waals surface area contributed by atoms with Gasteiger partial charge < -0.3 is 14.8 Å². The second-order valence-electron chi connectivity index (χ2n) is 8.72. The van der Waals surface area contributed by atoms with Crippen LogP contribution in [0.5, 0.6) is 11.5 Å². The molecule has 192 valence electrons. The molecule has 0 radical (unpaired) electrons. The summed E-state index contributed by atoms with van der Waals surface area (Å²) in [6, 6.07) is 22.7. The number of rotatable bonds is 8. The maximum Gasteiger partial charge on any atom is 0.266 e. The van der Waals surface area contributed by atoms with Crippen molar-refractivity contribution in [3.63, 3.8) is 0 Å². The van der Waals surface area contributed by atoms with E-state index in [1.54, 1.807) is 30.3 Å². The van der Waals surface area contributed by atoms with Crippen LogP contribution in [0.15, 0.2) is 72.3 Å².